The van der Waals surface area contributed by atoms with Crippen LogP contribution in [0.2, 0.25) is 0 Å². The molecular weight excluding hydrogens is 267 g/mol. The number of rotatable bonds is 9. The van der Waals surface area contributed by atoms with E-state index in [0.717, 1.165) is 30.8 Å². The molecule has 3 nitrogen and oxygen atoms in total. The van der Waals surface area contributed by atoms with E-state index in [0.29, 0.717) is 12.6 Å². The van der Waals surface area contributed by atoms with Crippen LogP contribution in [-0.4, -0.2) is 32.8 Å². The maximum atomic E-state index is 14.4. The molecule has 1 rings (SSSR count). The molecule has 0 radical (unpaired) electrons. The van der Waals surface area contributed by atoms with Gasteiger partial charge in [0, 0.05) is 37.0 Å². The van der Waals surface area contributed by atoms with Gasteiger partial charge in [0.2, 0.25) is 0 Å². The highest BCUT2D eigenvalue weighted by molar-refractivity contribution is 5.56. The number of methoxy groups -OCH3 is 1. The molecule has 2 atom stereocenters. The standard InChI is InChI=1S/C17H29FN2O/c1-6-13(3)20(11-12-21-5)16-10-8-9-15(18)17(16)14(4)19-7-2/h8-10,13-14,19H,6-7,11-12H2,1-5H3. The normalized spacial score (nSPS) is 14.0. The molecule has 21 heavy (non-hydrogen) atoms. The van der Waals surface area contributed by atoms with E-state index >= 15 is 0 Å². The Bertz CT molecular complexity index is 425. The van der Waals surface area contributed by atoms with Gasteiger partial charge in [-0.05, 0) is 38.9 Å². The predicted molar refractivity (Wildman–Crippen MR) is 87.5 cm³/mol. The molecule has 0 fully saturated rings. The Morgan fingerprint density at radius 1 is 1.29 bits per heavy atom. The summed E-state index contributed by atoms with van der Waals surface area (Å²) in [5.41, 5.74) is 1.71. The quantitative estimate of drug-likeness (QED) is 0.751. The van der Waals surface area contributed by atoms with Crippen LogP contribution in [0.3, 0.4) is 0 Å². The minimum atomic E-state index is -0.147. The van der Waals surface area contributed by atoms with Gasteiger partial charge in [-0.15, -0.1) is 0 Å². The number of anilines is 1. The zero-order valence-corrected chi connectivity index (χ0v) is 13.9. The molecule has 120 valence electrons. The molecule has 0 saturated heterocycles. The minimum absolute atomic E-state index is 0.0136. The minimum Gasteiger partial charge on any atom is -0.383 e. The summed E-state index contributed by atoms with van der Waals surface area (Å²) in [6.45, 7) is 10.6. The van der Waals surface area contributed by atoms with Crippen molar-refractivity contribution in [3.8, 4) is 0 Å². The van der Waals surface area contributed by atoms with Crippen molar-refractivity contribution in [3.63, 3.8) is 0 Å². The second-order valence-corrected chi connectivity index (χ2v) is 5.40. The first-order valence-corrected chi connectivity index (χ1v) is 7.84. The second-order valence-electron chi connectivity index (χ2n) is 5.40. The van der Waals surface area contributed by atoms with Crippen molar-refractivity contribution < 1.29 is 9.13 Å². The van der Waals surface area contributed by atoms with Gasteiger partial charge in [-0.3, -0.25) is 0 Å². The third-order valence-electron chi connectivity index (χ3n) is 3.94. The zero-order valence-electron chi connectivity index (χ0n) is 13.9. The van der Waals surface area contributed by atoms with Gasteiger partial charge < -0.3 is 15.0 Å². The van der Waals surface area contributed by atoms with Crippen molar-refractivity contribution in [1.82, 2.24) is 5.32 Å². The Morgan fingerprint density at radius 2 is 2.00 bits per heavy atom. The number of hydrogen-bond acceptors (Lipinski definition) is 3. The van der Waals surface area contributed by atoms with Crippen molar-refractivity contribution in [2.24, 2.45) is 0 Å². The van der Waals surface area contributed by atoms with Crippen molar-refractivity contribution in [1.29, 1.82) is 0 Å². The van der Waals surface area contributed by atoms with E-state index in [9.17, 15) is 4.39 Å². The van der Waals surface area contributed by atoms with E-state index in [1.807, 2.05) is 19.9 Å². The SMILES string of the molecule is CCNC(C)c1c(F)cccc1N(CCOC)C(C)CC. The fourth-order valence-electron chi connectivity index (χ4n) is 2.60. The topological polar surface area (TPSA) is 24.5 Å². The van der Waals surface area contributed by atoms with E-state index in [4.69, 9.17) is 4.74 Å². The Labute approximate surface area is 128 Å². The molecule has 1 N–H and O–H groups in total. The van der Waals surface area contributed by atoms with Gasteiger partial charge in [0.05, 0.1) is 6.61 Å². The van der Waals surface area contributed by atoms with E-state index in [2.05, 4.69) is 24.1 Å². The lowest BCUT2D eigenvalue weighted by Gasteiger charge is -2.33. The van der Waals surface area contributed by atoms with Gasteiger partial charge in [-0.25, -0.2) is 4.39 Å². The molecule has 0 aliphatic rings. The van der Waals surface area contributed by atoms with Crippen molar-refractivity contribution in [2.75, 3.05) is 31.7 Å². The van der Waals surface area contributed by atoms with Gasteiger partial charge in [0.25, 0.3) is 0 Å². The molecular formula is C17H29FN2O. The predicted octanol–water partition coefficient (Wildman–Crippen LogP) is 3.75. The van der Waals surface area contributed by atoms with Crippen LogP contribution in [0.1, 0.15) is 45.7 Å². The fourth-order valence-corrected chi connectivity index (χ4v) is 2.60. The molecule has 0 bridgehead atoms. The summed E-state index contributed by atoms with van der Waals surface area (Å²) in [4.78, 5) is 2.25. The maximum Gasteiger partial charge on any atom is 0.130 e. The van der Waals surface area contributed by atoms with E-state index < -0.39 is 0 Å². The molecule has 1 aromatic rings. The Morgan fingerprint density at radius 3 is 2.57 bits per heavy atom. The third kappa shape index (κ3) is 4.68. The van der Waals surface area contributed by atoms with Crippen LogP contribution in [0, 0.1) is 5.82 Å². The first kappa shape index (κ1) is 17.9. The summed E-state index contributed by atoms with van der Waals surface area (Å²) in [5.74, 6) is -0.147. The number of hydrogen-bond donors (Lipinski definition) is 1. The number of nitrogens with one attached hydrogen (secondary N) is 1. The first-order chi connectivity index (χ1) is 10.1. The van der Waals surface area contributed by atoms with E-state index in [1.165, 1.54) is 6.07 Å². The summed E-state index contributed by atoms with van der Waals surface area (Å²) >= 11 is 0. The van der Waals surface area contributed by atoms with Gasteiger partial charge in [-0.2, -0.15) is 0 Å². The lowest BCUT2D eigenvalue weighted by atomic mass is 10.0. The maximum absolute atomic E-state index is 14.4. The van der Waals surface area contributed by atoms with Gasteiger partial charge in [0.15, 0.2) is 0 Å². The molecule has 0 aliphatic heterocycles. The zero-order chi connectivity index (χ0) is 15.8. The molecule has 0 spiro atoms. The Kier molecular flexibility index (Phi) is 7.68. The van der Waals surface area contributed by atoms with Crippen molar-refractivity contribution in [3.05, 3.63) is 29.6 Å². The summed E-state index contributed by atoms with van der Waals surface area (Å²) < 4.78 is 19.6. The summed E-state index contributed by atoms with van der Waals surface area (Å²) in [5, 5.41) is 3.31. The molecule has 4 heteroatoms. The number of nitrogens with zero attached hydrogens (tertiary/aromatic N) is 1. The average molecular weight is 296 g/mol. The smallest absolute Gasteiger partial charge is 0.130 e. The molecule has 0 aliphatic carbocycles. The van der Waals surface area contributed by atoms with Crippen LogP contribution in [0.25, 0.3) is 0 Å². The first-order valence-electron chi connectivity index (χ1n) is 7.84. The lowest BCUT2D eigenvalue weighted by molar-refractivity contribution is 0.203. The van der Waals surface area contributed by atoms with Gasteiger partial charge >= 0.3 is 0 Å². The number of benzene rings is 1. The van der Waals surface area contributed by atoms with Crippen LogP contribution in [0.4, 0.5) is 10.1 Å². The monoisotopic (exact) mass is 296 g/mol. The van der Waals surface area contributed by atoms with Crippen molar-refractivity contribution in [2.45, 2.75) is 46.2 Å². The molecule has 0 aromatic heterocycles. The summed E-state index contributed by atoms with van der Waals surface area (Å²) in [6, 6.07) is 5.66. The fraction of sp³-hybridized carbons (Fsp3) is 0.647. The largest absolute Gasteiger partial charge is 0.383 e. The summed E-state index contributed by atoms with van der Waals surface area (Å²) in [7, 11) is 1.70. The van der Waals surface area contributed by atoms with Crippen LogP contribution in [-0.2, 0) is 4.74 Å². The van der Waals surface area contributed by atoms with Crippen LogP contribution in [0.15, 0.2) is 18.2 Å². The molecule has 2 unspecified atom stereocenters. The van der Waals surface area contributed by atoms with Crippen LogP contribution in [0.5, 0.6) is 0 Å². The van der Waals surface area contributed by atoms with Crippen molar-refractivity contribution >= 4 is 5.69 Å². The van der Waals surface area contributed by atoms with Gasteiger partial charge in [0.1, 0.15) is 5.82 Å². The molecule has 0 amide bonds. The Hall–Kier alpha value is -1.13. The molecule has 0 saturated carbocycles. The van der Waals surface area contributed by atoms with E-state index in [-0.39, 0.29) is 11.9 Å². The third-order valence-corrected chi connectivity index (χ3v) is 3.94. The highest BCUT2D eigenvalue weighted by Gasteiger charge is 2.21. The number of halogens is 1. The average Bonchev–Trinajstić information content (AvgIpc) is 2.47. The van der Waals surface area contributed by atoms with Gasteiger partial charge in [-0.1, -0.05) is 19.9 Å². The molecule has 0 heterocycles. The lowest BCUT2D eigenvalue weighted by Crippen LogP contribution is -2.37. The van der Waals surface area contributed by atoms with Crippen LogP contribution >= 0.6 is 0 Å². The Balaban J connectivity index is 3.19. The van der Waals surface area contributed by atoms with Crippen LogP contribution < -0.4 is 10.2 Å². The highest BCUT2D eigenvalue weighted by atomic mass is 19.1. The summed E-state index contributed by atoms with van der Waals surface area (Å²) in [6.07, 6.45) is 1.01. The second kappa shape index (κ2) is 9.00. The number of ether oxygens (including phenoxy) is 1. The van der Waals surface area contributed by atoms with E-state index in [1.54, 1.807) is 13.2 Å². The highest BCUT2D eigenvalue weighted by Crippen LogP contribution is 2.30. The molecule has 1 aromatic carbocycles.